The summed E-state index contributed by atoms with van der Waals surface area (Å²) >= 11 is 0. The lowest BCUT2D eigenvalue weighted by atomic mass is 10.4. The van der Waals surface area contributed by atoms with Gasteiger partial charge >= 0.3 is 0 Å². The molecule has 106 valence electrons. The van der Waals surface area contributed by atoms with Gasteiger partial charge in [0.2, 0.25) is 0 Å². The molecule has 0 saturated carbocycles. The summed E-state index contributed by atoms with van der Waals surface area (Å²) in [6, 6.07) is 1.17. The molecule has 0 atom stereocenters. The van der Waals surface area contributed by atoms with Gasteiger partial charge in [-0.1, -0.05) is 12.2 Å². The molecule has 6 heteroatoms. The maximum absolute atomic E-state index is 9.65. The summed E-state index contributed by atoms with van der Waals surface area (Å²) in [4.78, 5) is 19.3. The summed E-state index contributed by atoms with van der Waals surface area (Å²) in [6.07, 6.45) is 3.48. The number of aliphatic carboxylic acids is 2. The number of carboxylic acids is 2. The van der Waals surface area contributed by atoms with E-state index in [1.807, 2.05) is 0 Å². The Hall–Kier alpha value is -1.66. The van der Waals surface area contributed by atoms with E-state index in [1.54, 1.807) is 0 Å². The van der Waals surface area contributed by atoms with Gasteiger partial charge < -0.3 is 31.3 Å². The molecule has 0 aliphatic heterocycles. The highest BCUT2D eigenvalue weighted by Crippen LogP contribution is 1.74. The van der Waals surface area contributed by atoms with Crippen LogP contribution in [0.5, 0.6) is 0 Å². The fourth-order valence-corrected chi connectivity index (χ4v) is 0.268. The second-order valence-electron chi connectivity index (χ2n) is 4.14. The number of rotatable bonds is 3. The van der Waals surface area contributed by atoms with Crippen molar-refractivity contribution < 1.29 is 31.3 Å². The van der Waals surface area contributed by atoms with Crippen molar-refractivity contribution in [3.63, 3.8) is 0 Å². The summed E-state index contributed by atoms with van der Waals surface area (Å²) in [6.45, 7) is 8.22. The van der Waals surface area contributed by atoms with Gasteiger partial charge in [-0.2, -0.15) is 0 Å². The van der Waals surface area contributed by atoms with Crippen molar-refractivity contribution in [1.82, 2.24) is 0 Å². The van der Waals surface area contributed by atoms with Gasteiger partial charge in [0.1, 0.15) is 0 Å². The minimum Gasteiger partial charge on any atom is -0.545 e. The van der Waals surface area contributed by atoms with Crippen LogP contribution in [0.15, 0.2) is 24.3 Å². The average molecular weight is 260 g/mol. The van der Waals surface area contributed by atoms with Gasteiger partial charge in [0.15, 0.2) is 0 Å². The fourth-order valence-electron chi connectivity index (χ4n) is 0.268. The van der Waals surface area contributed by atoms with Crippen LogP contribution < -0.4 is 21.7 Å². The third-order valence-corrected chi connectivity index (χ3v) is 0.576. The van der Waals surface area contributed by atoms with E-state index in [0.717, 1.165) is 12.2 Å². The van der Waals surface area contributed by atoms with Crippen molar-refractivity contribution in [3.8, 4) is 0 Å². The summed E-state index contributed by atoms with van der Waals surface area (Å²) in [5, 5.41) is 19.3. The minimum atomic E-state index is -1.37. The number of hydrogen-bond acceptors (Lipinski definition) is 4. The molecule has 6 nitrogen and oxygen atoms in total. The molecule has 0 aliphatic rings. The van der Waals surface area contributed by atoms with Crippen LogP contribution in [-0.4, -0.2) is 24.0 Å². The van der Waals surface area contributed by atoms with Gasteiger partial charge in [-0.05, 0) is 39.8 Å². The number of carbonyl (C=O) groups excluding carboxylic acids is 2. The smallest absolute Gasteiger partial charge is 0.0786 e. The number of carbonyl (C=O) groups is 2. The summed E-state index contributed by atoms with van der Waals surface area (Å²) in [5.41, 5.74) is 7.28. The van der Waals surface area contributed by atoms with Crippen LogP contribution in [0.25, 0.3) is 0 Å². The zero-order valence-electron chi connectivity index (χ0n) is 11.5. The van der Waals surface area contributed by atoms with E-state index < -0.39 is 11.9 Å². The highest BCUT2D eigenvalue weighted by molar-refractivity contribution is 5.80. The molecule has 0 heterocycles. The lowest BCUT2D eigenvalue weighted by molar-refractivity contribution is -0.408. The lowest BCUT2D eigenvalue weighted by Crippen LogP contribution is -2.57. The van der Waals surface area contributed by atoms with Gasteiger partial charge in [-0.25, -0.2) is 0 Å². The van der Waals surface area contributed by atoms with E-state index >= 15 is 0 Å². The Balaban J connectivity index is -0.000000233. The first-order chi connectivity index (χ1) is 8.09. The molecule has 0 saturated heterocycles. The Bertz CT molecular complexity index is 238. The largest absolute Gasteiger partial charge is 0.545 e. The van der Waals surface area contributed by atoms with Gasteiger partial charge in [0.05, 0.1) is 24.0 Å². The van der Waals surface area contributed by atoms with E-state index in [-0.39, 0.29) is 0 Å². The molecule has 0 unspecified atom stereocenters. The molecular weight excluding hydrogens is 236 g/mol. The first-order valence-electron chi connectivity index (χ1n) is 5.52. The molecular formula is C12H24N2O4. The van der Waals surface area contributed by atoms with Gasteiger partial charge in [-0.3, -0.25) is 0 Å². The van der Waals surface area contributed by atoms with Crippen molar-refractivity contribution in [1.29, 1.82) is 0 Å². The van der Waals surface area contributed by atoms with Gasteiger partial charge in [0, 0.05) is 0 Å². The molecule has 0 radical (unpaired) electrons. The molecule has 0 aromatic heterocycles. The minimum absolute atomic E-state index is 0.583. The van der Waals surface area contributed by atoms with Gasteiger partial charge in [-0.15, -0.1) is 0 Å². The third-order valence-electron chi connectivity index (χ3n) is 0.576. The molecule has 0 fully saturated rings. The molecule has 0 aromatic carbocycles. The van der Waals surface area contributed by atoms with Crippen LogP contribution in [0.3, 0.4) is 0 Å². The van der Waals surface area contributed by atoms with Crippen LogP contribution in [0, 0.1) is 0 Å². The van der Waals surface area contributed by atoms with Crippen molar-refractivity contribution >= 4 is 11.9 Å². The first-order valence-corrected chi connectivity index (χ1v) is 5.52. The predicted octanol–water partition coefficient (Wildman–Crippen LogP) is -3.13. The molecule has 0 aromatic rings. The van der Waals surface area contributed by atoms with E-state index in [1.165, 1.54) is 0 Å². The van der Waals surface area contributed by atoms with Crippen molar-refractivity contribution in [3.05, 3.63) is 24.3 Å². The zero-order chi connectivity index (χ0) is 15.1. The van der Waals surface area contributed by atoms with E-state index in [2.05, 4.69) is 39.2 Å². The molecule has 0 amide bonds. The van der Waals surface area contributed by atoms with Crippen LogP contribution in [0.1, 0.15) is 27.7 Å². The van der Waals surface area contributed by atoms with Crippen LogP contribution >= 0.6 is 0 Å². The number of allylic oxidation sites excluding steroid dienone is 2. The normalized spacial score (nSPS) is 10.0. The highest BCUT2D eigenvalue weighted by Gasteiger charge is 1.72. The van der Waals surface area contributed by atoms with Crippen LogP contribution in [0.4, 0.5) is 0 Å². The maximum Gasteiger partial charge on any atom is 0.0786 e. The maximum atomic E-state index is 9.65. The topological polar surface area (TPSA) is 136 Å². The van der Waals surface area contributed by atoms with Crippen molar-refractivity contribution in [2.75, 3.05) is 0 Å². The monoisotopic (exact) mass is 260 g/mol. The van der Waals surface area contributed by atoms with Crippen molar-refractivity contribution in [2.45, 2.75) is 39.8 Å². The molecule has 0 rings (SSSR count). The molecule has 0 spiro atoms. The second kappa shape index (κ2) is 15.3. The SMILES string of the molecule is CC(C)[NH3+].CC(C)[NH3+].O=C([O-])/C=C/C=C/C(=O)[O-]. The Morgan fingerprint density at radius 3 is 1.11 bits per heavy atom. The molecule has 6 N–H and O–H groups in total. The van der Waals surface area contributed by atoms with Crippen LogP contribution in [-0.2, 0) is 9.59 Å². The molecule has 0 aliphatic carbocycles. The summed E-state index contributed by atoms with van der Waals surface area (Å²) in [5.74, 6) is -2.74. The standard InChI is InChI=1S/C6H6O4.2C3H9N/c7-5(8)3-1-2-4-6(9)10;2*1-3(2)4/h1-4H,(H,7,8)(H,9,10);2*3H,4H2,1-2H3/b3-1+,4-2+;;. The van der Waals surface area contributed by atoms with E-state index in [0.29, 0.717) is 24.2 Å². The summed E-state index contributed by atoms with van der Waals surface area (Å²) < 4.78 is 0. The Labute approximate surface area is 108 Å². The van der Waals surface area contributed by atoms with E-state index in [9.17, 15) is 19.8 Å². The average Bonchev–Trinajstić information content (AvgIpc) is 2.09. The van der Waals surface area contributed by atoms with Crippen LogP contribution in [0.2, 0.25) is 0 Å². The predicted molar refractivity (Wildman–Crippen MR) is 64.3 cm³/mol. The fraction of sp³-hybridized carbons (Fsp3) is 0.500. The van der Waals surface area contributed by atoms with Crippen molar-refractivity contribution in [2.24, 2.45) is 0 Å². The summed E-state index contributed by atoms with van der Waals surface area (Å²) in [7, 11) is 0. The first kappa shape index (κ1) is 21.6. The van der Waals surface area contributed by atoms with E-state index in [4.69, 9.17) is 0 Å². The molecule has 18 heavy (non-hydrogen) atoms. The third kappa shape index (κ3) is 89.5. The highest BCUT2D eigenvalue weighted by atomic mass is 16.4. The Kier molecular flexibility index (Phi) is 18.4. The zero-order valence-corrected chi connectivity index (χ0v) is 11.5. The lowest BCUT2D eigenvalue weighted by Gasteiger charge is -1.88. The number of carboxylic acid groups (broad SMARTS) is 2. The quantitative estimate of drug-likeness (QED) is 0.409. The number of hydrogen-bond donors (Lipinski definition) is 2. The number of quaternary nitrogens is 2. The Morgan fingerprint density at radius 1 is 0.833 bits per heavy atom. The second-order valence-corrected chi connectivity index (χ2v) is 4.14. The molecule has 0 bridgehead atoms. The van der Waals surface area contributed by atoms with Gasteiger partial charge in [0.25, 0.3) is 0 Å². The Morgan fingerprint density at radius 2 is 1.00 bits per heavy atom.